The number of nitrogens with one attached hydrogen (secondary N) is 3. The zero-order chi connectivity index (χ0) is 18.6. The van der Waals surface area contributed by atoms with Crippen molar-refractivity contribution in [2.45, 2.75) is 38.3 Å². The highest BCUT2D eigenvalue weighted by Gasteiger charge is 2.26. The first-order chi connectivity index (χ1) is 13.2. The minimum Gasteiger partial charge on any atom is -0.353 e. The number of imidazole rings is 1. The van der Waals surface area contributed by atoms with Gasteiger partial charge in [-0.2, -0.15) is 0 Å². The van der Waals surface area contributed by atoms with Crippen molar-refractivity contribution in [2.75, 3.05) is 5.32 Å². The lowest BCUT2D eigenvalue weighted by atomic mass is 9.85. The fraction of sp³-hybridized carbons (Fsp3) is 0.333. The molecule has 0 aliphatic heterocycles. The van der Waals surface area contributed by atoms with Gasteiger partial charge in [0.15, 0.2) is 0 Å². The van der Waals surface area contributed by atoms with Gasteiger partial charge < -0.3 is 15.6 Å². The Bertz CT molecular complexity index is 898. The Hall–Kier alpha value is -2.89. The van der Waals surface area contributed by atoms with E-state index in [9.17, 15) is 9.18 Å². The van der Waals surface area contributed by atoms with Gasteiger partial charge in [-0.25, -0.2) is 9.37 Å². The third kappa shape index (κ3) is 4.27. The van der Waals surface area contributed by atoms with Crippen molar-refractivity contribution in [1.82, 2.24) is 15.3 Å². The number of hydrogen-bond acceptors (Lipinski definition) is 3. The molecular formula is C21H23FN4O. The van der Waals surface area contributed by atoms with Gasteiger partial charge >= 0.3 is 0 Å². The molecule has 1 saturated carbocycles. The number of aromatic amines is 1. The maximum Gasteiger partial charge on any atom is 0.223 e. The highest BCUT2D eigenvalue weighted by molar-refractivity contribution is 5.79. The SMILES string of the molecule is O=C(NCc1cccc(F)c1)C1CCC(Nc2nc3ccccc3[nH]2)CC1. The van der Waals surface area contributed by atoms with E-state index in [1.807, 2.05) is 30.3 Å². The first-order valence-electron chi connectivity index (χ1n) is 9.41. The number of carbonyl (C=O) groups excluding carboxylic acids is 1. The van der Waals surface area contributed by atoms with Crippen LogP contribution in [0.4, 0.5) is 10.3 Å². The minimum absolute atomic E-state index is 0.0206. The van der Waals surface area contributed by atoms with Gasteiger partial charge in [0.25, 0.3) is 0 Å². The predicted octanol–water partition coefficient (Wildman–Crippen LogP) is 3.99. The monoisotopic (exact) mass is 366 g/mol. The van der Waals surface area contributed by atoms with Crippen LogP contribution >= 0.6 is 0 Å². The van der Waals surface area contributed by atoms with E-state index in [4.69, 9.17) is 0 Å². The Labute approximate surface area is 157 Å². The quantitative estimate of drug-likeness (QED) is 0.639. The Morgan fingerprint density at radius 3 is 2.70 bits per heavy atom. The smallest absolute Gasteiger partial charge is 0.223 e. The third-order valence-corrected chi connectivity index (χ3v) is 5.18. The number of aromatic nitrogens is 2. The minimum atomic E-state index is -0.279. The Balaban J connectivity index is 1.26. The second kappa shape index (κ2) is 7.78. The van der Waals surface area contributed by atoms with Gasteiger partial charge in [-0.15, -0.1) is 0 Å². The fourth-order valence-electron chi connectivity index (χ4n) is 3.69. The van der Waals surface area contributed by atoms with Crippen molar-refractivity contribution in [1.29, 1.82) is 0 Å². The summed E-state index contributed by atoms with van der Waals surface area (Å²) in [5.74, 6) is 0.586. The largest absolute Gasteiger partial charge is 0.353 e. The summed E-state index contributed by atoms with van der Waals surface area (Å²) in [7, 11) is 0. The first kappa shape index (κ1) is 17.5. The van der Waals surface area contributed by atoms with Gasteiger partial charge in [-0.1, -0.05) is 24.3 Å². The van der Waals surface area contributed by atoms with E-state index < -0.39 is 0 Å². The van der Waals surface area contributed by atoms with E-state index in [-0.39, 0.29) is 17.6 Å². The summed E-state index contributed by atoms with van der Waals surface area (Å²) in [5, 5.41) is 6.39. The number of carbonyl (C=O) groups is 1. The Kier molecular flexibility index (Phi) is 5.05. The number of nitrogens with zero attached hydrogens (tertiary/aromatic N) is 1. The average Bonchev–Trinajstić information content (AvgIpc) is 3.09. The molecule has 6 heteroatoms. The molecule has 1 aliphatic carbocycles. The molecule has 2 aromatic carbocycles. The van der Waals surface area contributed by atoms with Crippen LogP contribution in [0.15, 0.2) is 48.5 Å². The van der Waals surface area contributed by atoms with E-state index in [1.54, 1.807) is 6.07 Å². The molecule has 3 aromatic rings. The molecule has 140 valence electrons. The highest BCUT2D eigenvalue weighted by Crippen LogP contribution is 2.27. The second-order valence-electron chi connectivity index (χ2n) is 7.14. The maximum atomic E-state index is 13.2. The first-order valence-corrected chi connectivity index (χ1v) is 9.41. The van der Waals surface area contributed by atoms with Crippen molar-refractivity contribution in [3.63, 3.8) is 0 Å². The lowest BCUT2D eigenvalue weighted by molar-refractivity contribution is -0.126. The topological polar surface area (TPSA) is 69.8 Å². The number of hydrogen-bond donors (Lipinski definition) is 3. The predicted molar refractivity (Wildman–Crippen MR) is 104 cm³/mol. The van der Waals surface area contributed by atoms with Crippen LogP contribution in [0.3, 0.4) is 0 Å². The number of anilines is 1. The number of fused-ring (bicyclic) bond motifs is 1. The van der Waals surface area contributed by atoms with Crippen LogP contribution < -0.4 is 10.6 Å². The van der Waals surface area contributed by atoms with Crippen molar-refractivity contribution >= 4 is 22.9 Å². The van der Waals surface area contributed by atoms with Gasteiger partial charge in [0.2, 0.25) is 11.9 Å². The summed E-state index contributed by atoms with van der Waals surface area (Å²) in [6.07, 6.45) is 3.53. The number of halogens is 1. The number of rotatable bonds is 5. The molecule has 1 fully saturated rings. The Morgan fingerprint density at radius 2 is 1.93 bits per heavy atom. The average molecular weight is 366 g/mol. The molecule has 0 saturated heterocycles. The van der Waals surface area contributed by atoms with Crippen LogP contribution in [0.1, 0.15) is 31.2 Å². The van der Waals surface area contributed by atoms with E-state index in [0.717, 1.165) is 48.2 Å². The Morgan fingerprint density at radius 1 is 1.11 bits per heavy atom. The maximum absolute atomic E-state index is 13.2. The van der Waals surface area contributed by atoms with Gasteiger partial charge in [-0.05, 0) is 55.5 Å². The summed E-state index contributed by atoms with van der Waals surface area (Å²) in [5.41, 5.74) is 2.75. The molecule has 0 atom stereocenters. The number of H-pyrrole nitrogens is 1. The van der Waals surface area contributed by atoms with Crippen molar-refractivity contribution in [3.05, 3.63) is 59.9 Å². The lowest BCUT2D eigenvalue weighted by Gasteiger charge is -2.28. The summed E-state index contributed by atoms with van der Waals surface area (Å²) in [4.78, 5) is 20.2. The van der Waals surface area contributed by atoms with Gasteiger partial charge in [0.05, 0.1) is 11.0 Å². The van der Waals surface area contributed by atoms with Crippen molar-refractivity contribution < 1.29 is 9.18 Å². The molecule has 1 aliphatic rings. The van der Waals surface area contributed by atoms with Gasteiger partial charge in [0, 0.05) is 18.5 Å². The highest BCUT2D eigenvalue weighted by atomic mass is 19.1. The molecule has 0 unspecified atom stereocenters. The van der Waals surface area contributed by atoms with E-state index in [0.29, 0.717) is 12.6 Å². The zero-order valence-corrected chi connectivity index (χ0v) is 15.0. The summed E-state index contributed by atoms with van der Waals surface area (Å²) < 4.78 is 13.2. The molecule has 3 N–H and O–H groups in total. The number of benzene rings is 2. The molecule has 1 heterocycles. The van der Waals surface area contributed by atoms with Crippen LogP contribution in [-0.4, -0.2) is 21.9 Å². The van der Waals surface area contributed by atoms with E-state index >= 15 is 0 Å². The molecule has 27 heavy (non-hydrogen) atoms. The van der Waals surface area contributed by atoms with Crippen LogP contribution in [-0.2, 0) is 11.3 Å². The third-order valence-electron chi connectivity index (χ3n) is 5.18. The standard InChI is InChI=1S/C21H23FN4O/c22-16-5-3-4-14(12-16)13-23-20(27)15-8-10-17(11-9-15)24-21-25-18-6-1-2-7-19(18)26-21/h1-7,12,15,17H,8-11,13H2,(H,23,27)(H2,24,25,26). The van der Waals surface area contributed by atoms with Crippen LogP contribution in [0, 0.1) is 11.7 Å². The second-order valence-corrected chi connectivity index (χ2v) is 7.14. The number of amides is 1. The van der Waals surface area contributed by atoms with Crippen molar-refractivity contribution in [3.8, 4) is 0 Å². The molecule has 4 rings (SSSR count). The fourth-order valence-corrected chi connectivity index (χ4v) is 3.69. The molecule has 0 bridgehead atoms. The van der Waals surface area contributed by atoms with Crippen LogP contribution in [0.25, 0.3) is 11.0 Å². The number of para-hydroxylation sites is 2. The van der Waals surface area contributed by atoms with Crippen molar-refractivity contribution in [2.24, 2.45) is 5.92 Å². The summed E-state index contributed by atoms with van der Waals surface area (Å²) in [6, 6.07) is 14.6. The molecule has 1 aromatic heterocycles. The normalized spacial score (nSPS) is 19.7. The van der Waals surface area contributed by atoms with E-state index in [1.165, 1.54) is 12.1 Å². The van der Waals surface area contributed by atoms with Gasteiger partial charge in [-0.3, -0.25) is 4.79 Å². The molecule has 1 amide bonds. The van der Waals surface area contributed by atoms with Gasteiger partial charge in [0.1, 0.15) is 5.82 Å². The zero-order valence-electron chi connectivity index (χ0n) is 15.0. The molecule has 0 radical (unpaired) electrons. The molecule has 0 spiro atoms. The molecular weight excluding hydrogens is 343 g/mol. The lowest BCUT2D eigenvalue weighted by Crippen LogP contribution is -2.35. The van der Waals surface area contributed by atoms with Crippen LogP contribution in [0.2, 0.25) is 0 Å². The summed E-state index contributed by atoms with van der Waals surface area (Å²) in [6.45, 7) is 0.369. The molecule has 5 nitrogen and oxygen atoms in total. The summed E-state index contributed by atoms with van der Waals surface area (Å²) >= 11 is 0. The van der Waals surface area contributed by atoms with Crippen LogP contribution in [0.5, 0.6) is 0 Å². The van der Waals surface area contributed by atoms with E-state index in [2.05, 4.69) is 20.6 Å².